The lowest BCUT2D eigenvalue weighted by atomic mass is 10.0. The van der Waals surface area contributed by atoms with Crippen molar-refractivity contribution in [2.75, 3.05) is 19.0 Å². The fraction of sp³-hybridized carbons (Fsp3) is 0.273. The summed E-state index contributed by atoms with van der Waals surface area (Å²) in [7, 11) is 3.94. The minimum atomic E-state index is -0.487. The average Bonchev–Trinajstić information content (AvgIpc) is 3.40. The van der Waals surface area contributed by atoms with Crippen molar-refractivity contribution in [3.8, 4) is 0 Å². The molecule has 0 radical (unpaired) electrons. The number of hydrogen-bond donors (Lipinski definition) is 2. The monoisotopic (exact) mass is 408 g/mol. The first-order valence-corrected chi connectivity index (χ1v) is 10.5. The van der Waals surface area contributed by atoms with Gasteiger partial charge < -0.3 is 16.0 Å². The highest BCUT2D eigenvalue weighted by atomic mass is 32.1. The Morgan fingerprint density at radius 1 is 1.14 bits per heavy atom. The number of nitrogens with two attached hydrogens (primary N) is 1. The van der Waals surface area contributed by atoms with Crippen LogP contribution in [0, 0.1) is 0 Å². The van der Waals surface area contributed by atoms with Crippen LogP contribution in [0.15, 0.2) is 52.9 Å². The normalized spacial score (nSPS) is 17.2. The van der Waals surface area contributed by atoms with Gasteiger partial charge in [0.2, 0.25) is 0 Å². The molecular formula is C22H24N4O2S. The van der Waals surface area contributed by atoms with Gasteiger partial charge in [-0.05, 0) is 35.6 Å². The molecule has 4 rings (SSSR count). The van der Waals surface area contributed by atoms with Crippen LogP contribution < -0.4 is 16.0 Å². The van der Waals surface area contributed by atoms with Crippen LogP contribution in [0.4, 0.5) is 5.69 Å². The number of amides is 2. The Kier molecular flexibility index (Phi) is 5.02. The average molecular weight is 409 g/mol. The van der Waals surface area contributed by atoms with Crippen LogP contribution >= 0.6 is 11.3 Å². The quantitative estimate of drug-likeness (QED) is 0.770. The number of hydrogen-bond acceptors (Lipinski definition) is 5. The lowest BCUT2D eigenvalue weighted by molar-refractivity contribution is -0.124. The van der Waals surface area contributed by atoms with Gasteiger partial charge in [-0.25, -0.2) is 0 Å². The summed E-state index contributed by atoms with van der Waals surface area (Å²) in [5.41, 5.74) is 10.3. The van der Waals surface area contributed by atoms with Crippen molar-refractivity contribution in [3.05, 3.63) is 63.4 Å². The summed E-state index contributed by atoms with van der Waals surface area (Å²) in [6.45, 7) is 2.03. The molecule has 0 saturated heterocycles. The fourth-order valence-corrected chi connectivity index (χ4v) is 4.54. The summed E-state index contributed by atoms with van der Waals surface area (Å²) < 4.78 is 0. The van der Waals surface area contributed by atoms with E-state index in [0.717, 1.165) is 22.5 Å². The molecule has 1 atom stereocenters. The molecule has 0 bridgehead atoms. The van der Waals surface area contributed by atoms with Crippen LogP contribution in [0.5, 0.6) is 0 Å². The Morgan fingerprint density at radius 3 is 2.45 bits per heavy atom. The van der Waals surface area contributed by atoms with E-state index in [9.17, 15) is 9.59 Å². The van der Waals surface area contributed by atoms with Crippen molar-refractivity contribution in [2.24, 2.45) is 5.73 Å². The Bertz CT molecular complexity index is 1020. The van der Waals surface area contributed by atoms with E-state index in [4.69, 9.17) is 5.73 Å². The van der Waals surface area contributed by atoms with Crippen molar-refractivity contribution >= 4 is 40.2 Å². The van der Waals surface area contributed by atoms with Crippen LogP contribution in [0.1, 0.15) is 30.2 Å². The van der Waals surface area contributed by atoms with Gasteiger partial charge >= 0.3 is 0 Å². The molecule has 3 N–H and O–H groups in total. The molecule has 1 aromatic heterocycles. The largest absolute Gasteiger partial charge is 0.378 e. The molecule has 2 aromatic rings. The van der Waals surface area contributed by atoms with Gasteiger partial charge in [-0.2, -0.15) is 0 Å². The molecule has 6 nitrogen and oxygen atoms in total. The van der Waals surface area contributed by atoms with Crippen LogP contribution in [-0.4, -0.2) is 37.0 Å². The van der Waals surface area contributed by atoms with Crippen LogP contribution in [0.25, 0.3) is 11.4 Å². The number of carbonyl (C=O) groups is 2. The van der Waals surface area contributed by atoms with E-state index < -0.39 is 6.17 Å². The Balaban J connectivity index is 1.91. The van der Waals surface area contributed by atoms with Gasteiger partial charge in [0.25, 0.3) is 11.8 Å². The molecule has 2 amide bonds. The van der Waals surface area contributed by atoms with Gasteiger partial charge in [0, 0.05) is 19.8 Å². The number of benzene rings is 1. The molecule has 2 aliphatic heterocycles. The zero-order valence-electron chi connectivity index (χ0n) is 16.7. The van der Waals surface area contributed by atoms with E-state index in [1.54, 1.807) is 4.90 Å². The van der Waals surface area contributed by atoms with Gasteiger partial charge in [-0.3, -0.25) is 14.5 Å². The molecule has 1 aromatic carbocycles. The first-order valence-electron chi connectivity index (χ1n) is 9.65. The second-order valence-electron chi connectivity index (χ2n) is 7.38. The number of nitrogens with one attached hydrogen (secondary N) is 1. The second-order valence-corrected chi connectivity index (χ2v) is 8.33. The summed E-state index contributed by atoms with van der Waals surface area (Å²) in [5.74, 6) is -0.468. The van der Waals surface area contributed by atoms with E-state index >= 15 is 0 Å². The van der Waals surface area contributed by atoms with Gasteiger partial charge in [0.15, 0.2) is 0 Å². The smallest absolute Gasteiger partial charge is 0.262 e. The number of fused-ring (bicyclic) bond motifs is 1. The highest BCUT2D eigenvalue weighted by Gasteiger charge is 2.47. The molecule has 3 heterocycles. The van der Waals surface area contributed by atoms with E-state index in [1.807, 2.05) is 67.7 Å². The molecule has 0 fully saturated rings. The summed E-state index contributed by atoms with van der Waals surface area (Å²) >= 11 is 1.49. The Hall–Kier alpha value is -2.90. The van der Waals surface area contributed by atoms with Crippen molar-refractivity contribution in [1.82, 2.24) is 10.2 Å². The number of carbonyl (C=O) groups excluding carboxylic acids is 2. The SMILES string of the molecule is CCCC(N)N1C(=O)C2=C(c3cccs3)NC(=O)C2=C1c1ccc(N(C)C)cc1. The van der Waals surface area contributed by atoms with Crippen molar-refractivity contribution in [1.29, 1.82) is 0 Å². The lowest BCUT2D eigenvalue weighted by Crippen LogP contribution is -2.42. The number of nitrogens with zero attached hydrogens (tertiary/aromatic N) is 2. The number of thiophene rings is 1. The van der Waals surface area contributed by atoms with E-state index in [2.05, 4.69) is 5.32 Å². The molecular weight excluding hydrogens is 384 g/mol. The van der Waals surface area contributed by atoms with Crippen molar-refractivity contribution < 1.29 is 9.59 Å². The maximum Gasteiger partial charge on any atom is 0.262 e. The first-order chi connectivity index (χ1) is 13.9. The summed E-state index contributed by atoms with van der Waals surface area (Å²) in [5, 5.41) is 4.83. The van der Waals surface area contributed by atoms with E-state index in [0.29, 0.717) is 29.0 Å². The topological polar surface area (TPSA) is 78.7 Å². The summed E-state index contributed by atoms with van der Waals surface area (Å²) in [6.07, 6.45) is 1.01. The molecule has 0 aliphatic carbocycles. The molecule has 7 heteroatoms. The predicted octanol–water partition coefficient (Wildman–Crippen LogP) is 2.99. The summed E-state index contributed by atoms with van der Waals surface area (Å²) in [6, 6.07) is 11.6. The number of rotatable bonds is 6. The Morgan fingerprint density at radius 2 is 1.86 bits per heavy atom. The highest BCUT2D eigenvalue weighted by Crippen LogP contribution is 2.44. The maximum atomic E-state index is 13.5. The highest BCUT2D eigenvalue weighted by molar-refractivity contribution is 7.11. The molecule has 29 heavy (non-hydrogen) atoms. The Labute approximate surface area is 174 Å². The second kappa shape index (κ2) is 7.50. The lowest BCUT2D eigenvalue weighted by Gasteiger charge is -2.28. The van der Waals surface area contributed by atoms with Gasteiger partial charge in [-0.15, -0.1) is 11.3 Å². The maximum absolute atomic E-state index is 13.5. The molecule has 2 aliphatic rings. The van der Waals surface area contributed by atoms with Crippen LogP contribution in [0.3, 0.4) is 0 Å². The third-order valence-corrected chi connectivity index (χ3v) is 6.10. The van der Waals surface area contributed by atoms with Crippen molar-refractivity contribution in [3.63, 3.8) is 0 Å². The zero-order valence-corrected chi connectivity index (χ0v) is 17.5. The van der Waals surface area contributed by atoms with Crippen molar-refractivity contribution in [2.45, 2.75) is 25.9 Å². The zero-order chi connectivity index (χ0) is 20.7. The minimum absolute atomic E-state index is 0.214. The third-order valence-electron chi connectivity index (χ3n) is 5.22. The molecule has 0 spiro atoms. The minimum Gasteiger partial charge on any atom is -0.378 e. The van der Waals surface area contributed by atoms with Gasteiger partial charge in [-0.1, -0.05) is 31.5 Å². The third kappa shape index (κ3) is 3.16. The molecule has 150 valence electrons. The first kappa shape index (κ1) is 19.4. The fourth-order valence-electron chi connectivity index (χ4n) is 3.81. The van der Waals surface area contributed by atoms with E-state index in [1.165, 1.54) is 11.3 Å². The summed E-state index contributed by atoms with van der Waals surface area (Å²) in [4.78, 5) is 30.9. The molecule has 1 unspecified atom stereocenters. The van der Waals surface area contributed by atoms with Crippen LogP contribution in [0.2, 0.25) is 0 Å². The van der Waals surface area contributed by atoms with E-state index in [-0.39, 0.29) is 11.8 Å². The number of anilines is 1. The predicted molar refractivity (Wildman–Crippen MR) is 117 cm³/mol. The van der Waals surface area contributed by atoms with Gasteiger partial charge in [0.05, 0.1) is 33.6 Å². The molecule has 0 saturated carbocycles. The van der Waals surface area contributed by atoms with Gasteiger partial charge in [0.1, 0.15) is 0 Å². The standard InChI is InChI=1S/C22H24N4O2S/c1-4-6-16(23)26-20(13-8-10-14(11-9-13)25(2)3)18-17(22(26)28)19(24-21(18)27)15-7-5-12-29-15/h5,7-12,16H,4,6,23H2,1-3H3,(H,24,27). The van der Waals surface area contributed by atoms with Crippen LogP contribution in [-0.2, 0) is 9.59 Å².